The summed E-state index contributed by atoms with van der Waals surface area (Å²) in [6, 6.07) is 16.7. The molecule has 0 aliphatic rings. The van der Waals surface area contributed by atoms with Gasteiger partial charge in [-0.2, -0.15) is 10.2 Å². The topological polar surface area (TPSA) is 98.9 Å². The summed E-state index contributed by atoms with van der Waals surface area (Å²) in [6.45, 7) is 0. The third-order valence-electron chi connectivity index (χ3n) is 4.40. The van der Waals surface area contributed by atoms with Crippen molar-refractivity contribution in [3.8, 4) is 28.7 Å². The minimum atomic E-state index is -0.460. The second-order valence-corrected chi connectivity index (χ2v) is 6.45. The zero-order chi connectivity index (χ0) is 22.9. The Morgan fingerprint density at radius 1 is 0.750 bits per heavy atom. The van der Waals surface area contributed by atoms with Gasteiger partial charge in [-0.15, -0.1) is 0 Å². The lowest BCUT2D eigenvalue weighted by atomic mass is 10.2. The van der Waals surface area contributed by atoms with Crippen molar-refractivity contribution in [2.45, 2.75) is 0 Å². The van der Waals surface area contributed by atoms with Crippen molar-refractivity contribution < 1.29 is 28.8 Å². The van der Waals surface area contributed by atoms with E-state index < -0.39 is 5.97 Å². The summed E-state index contributed by atoms with van der Waals surface area (Å²) in [4.78, 5) is 12.2. The molecule has 0 amide bonds. The number of hydrogen-bond donors (Lipinski definition) is 1. The van der Waals surface area contributed by atoms with Gasteiger partial charge in [0, 0.05) is 5.56 Å². The molecule has 0 fully saturated rings. The van der Waals surface area contributed by atoms with Crippen LogP contribution in [0.25, 0.3) is 0 Å². The van der Waals surface area contributed by atoms with E-state index in [-0.39, 0.29) is 17.2 Å². The van der Waals surface area contributed by atoms with Crippen LogP contribution in [0.15, 0.2) is 70.9 Å². The number of rotatable bonds is 8. The fourth-order valence-corrected chi connectivity index (χ4v) is 2.70. The van der Waals surface area contributed by atoms with Crippen LogP contribution in [0.3, 0.4) is 0 Å². The Kier molecular flexibility index (Phi) is 7.42. The van der Waals surface area contributed by atoms with Gasteiger partial charge in [0.25, 0.3) is 0 Å². The molecular formula is C24H22N2O6. The Morgan fingerprint density at radius 3 is 1.81 bits per heavy atom. The molecule has 8 heteroatoms. The maximum Gasteiger partial charge on any atom is 0.343 e. The summed E-state index contributed by atoms with van der Waals surface area (Å²) in [5, 5.41) is 17.9. The maximum atomic E-state index is 12.2. The summed E-state index contributed by atoms with van der Waals surface area (Å²) in [5.41, 5.74) is 1.84. The molecular weight excluding hydrogens is 412 g/mol. The molecule has 0 saturated heterocycles. The fourth-order valence-electron chi connectivity index (χ4n) is 2.70. The average Bonchev–Trinajstić information content (AvgIpc) is 2.83. The third-order valence-corrected chi connectivity index (χ3v) is 4.40. The molecule has 3 aromatic rings. The summed E-state index contributed by atoms with van der Waals surface area (Å²) in [5.74, 6) is 1.08. The lowest BCUT2D eigenvalue weighted by Gasteiger charge is -2.08. The van der Waals surface area contributed by atoms with Crippen molar-refractivity contribution in [2.75, 3.05) is 21.3 Å². The molecule has 0 aliphatic heterocycles. The summed E-state index contributed by atoms with van der Waals surface area (Å²) >= 11 is 0. The lowest BCUT2D eigenvalue weighted by molar-refractivity contribution is 0.0734. The number of hydrogen-bond acceptors (Lipinski definition) is 8. The number of carbonyl (C=O) groups is 1. The van der Waals surface area contributed by atoms with Crippen LogP contribution >= 0.6 is 0 Å². The van der Waals surface area contributed by atoms with Crippen molar-refractivity contribution in [3.63, 3.8) is 0 Å². The molecule has 0 aromatic heterocycles. The van der Waals surface area contributed by atoms with Gasteiger partial charge in [0.05, 0.1) is 39.3 Å². The summed E-state index contributed by atoms with van der Waals surface area (Å²) in [7, 11) is 4.46. The van der Waals surface area contributed by atoms with Gasteiger partial charge >= 0.3 is 5.97 Å². The van der Waals surface area contributed by atoms with Crippen LogP contribution in [0.2, 0.25) is 0 Å². The van der Waals surface area contributed by atoms with Gasteiger partial charge < -0.3 is 24.1 Å². The minimum Gasteiger partial charge on any atom is -0.502 e. The van der Waals surface area contributed by atoms with E-state index in [1.807, 2.05) is 0 Å². The van der Waals surface area contributed by atoms with E-state index in [4.69, 9.17) is 18.9 Å². The number of benzene rings is 3. The molecule has 1 N–H and O–H groups in total. The van der Waals surface area contributed by atoms with Gasteiger partial charge in [0.1, 0.15) is 11.5 Å². The Labute approximate surface area is 185 Å². The maximum absolute atomic E-state index is 12.2. The molecule has 3 rings (SSSR count). The predicted octanol–water partition coefficient (Wildman–Crippen LogP) is 4.09. The van der Waals surface area contributed by atoms with Crippen molar-refractivity contribution in [1.82, 2.24) is 0 Å². The first-order valence-electron chi connectivity index (χ1n) is 9.51. The zero-order valence-corrected chi connectivity index (χ0v) is 17.8. The van der Waals surface area contributed by atoms with Crippen LogP contribution in [0.1, 0.15) is 21.5 Å². The van der Waals surface area contributed by atoms with E-state index in [2.05, 4.69) is 10.2 Å². The highest BCUT2D eigenvalue weighted by molar-refractivity contribution is 5.91. The van der Waals surface area contributed by atoms with Gasteiger partial charge in [0.2, 0.25) is 5.75 Å². The normalized spacial score (nSPS) is 11.0. The second-order valence-electron chi connectivity index (χ2n) is 6.45. The lowest BCUT2D eigenvalue weighted by Crippen LogP contribution is -2.08. The van der Waals surface area contributed by atoms with E-state index in [1.165, 1.54) is 20.4 Å². The Hall–Kier alpha value is -4.33. The molecule has 0 spiro atoms. The smallest absolute Gasteiger partial charge is 0.343 e. The Morgan fingerprint density at radius 2 is 1.28 bits per heavy atom. The molecule has 164 valence electrons. The van der Waals surface area contributed by atoms with Crippen molar-refractivity contribution in [3.05, 3.63) is 77.4 Å². The van der Waals surface area contributed by atoms with Crippen LogP contribution in [-0.4, -0.2) is 44.8 Å². The number of methoxy groups -OCH3 is 3. The van der Waals surface area contributed by atoms with E-state index in [0.717, 1.165) is 5.56 Å². The van der Waals surface area contributed by atoms with Crippen molar-refractivity contribution in [1.29, 1.82) is 0 Å². The van der Waals surface area contributed by atoms with Crippen LogP contribution in [0, 0.1) is 0 Å². The average molecular weight is 434 g/mol. The largest absolute Gasteiger partial charge is 0.502 e. The molecule has 0 unspecified atom stereocenters. The molecule has 0 saturated carbocycles. The number of esters is 1. The standard InChI is InChI=1S/C24H22N2O6/c1-29-19-10-6-18(7-11-19)24(28)32-20-8-4-16(5-9-20)14-25-26-15-17-12-21(30-2)23(27)22(13-17)31-3/h4-15,27H,1-3H3/b25-14+,26-15+. The summed E-state index contributed by atoms with van der Waals surface area (Å²) < 4.78 is 20.7. The molecule has 0 aliphatic carbocycles. The second kappa shape index (κ2) is 10.6. The molecule has 32 heavy (non-hydrogen) atoms. The first-order chi connectivity index (χ1) is 15.5. The monoisotopic (exact) mass is 434 g/mol. The quantitative estimate of drug-likeness (QED) is 0.248. The number of phenolic OH excluding ortho intramolecular Hbond substituents is 1. The minimum absolute atomic E-state index is 0.0802. The van der Waals surface area contributed by atoms with E-state index in [1.54, 1.807) is 74.0 Å². The summed E-state index contributed by atoms with van der Waals surface area (Å²) in [6.07, 6.45) is 3.06. The molecule has 3 aromatic carbocycles. The number of nitrogens with zero attached hydrogens (tertiary/aromatic N) is 2. The number of phenols is 1. The Balaban J connectivity index is 1.61. The first kappa shape index (κ1) is 22.4. The molecule has 0 radical (unpaired) electrons. The van der Waals surface area contributed by atoms with Crippen LogP contribution < -0.4 is 18.9 Å². The molecule has 0 bridgehead atoms. The van der Waals surface area contributed by atoms with Crippen LogP contribution in [-0.2, 0) is 0 Å². The predicted molar refractivity (Wildman–Crippen MR) is 121 cm³/mol. The van der Waals surface area contributed by atoms with Crippen molar-refractivity contribution >= 4 is 18.4 Å². The van der Waals surface area contributed by atoms with E-state index in [9.17, 15) is 9.90 Å². The van der Waals surface area contributed by atoms with Crippen LogP contribution in [0.4, 0.5) is 0 Å². The van der Waals surface area contributed by atoms with Gasteiger partial charge in [0.15, 0.2) is 11.5 Å². The van der Waals surface area contributed by atoms with Gasteiger partial charge in [-0.25, -0.2) is 4.79 Å². The Bertz CT molecular complexity index is 1100. The molecule has 0 heterocycles. The highest BCUT2D eigenvalue weighted by atomic mass is 16.5. The number of ether oxygens (including phenoxy) is 4. The molecule has 8 nitrogen and oxygen atoms in total. The highest BCUT2D eigenvalue weighted by Gasteiger charge is 2.10. The van der Waals surface area contributed by atoms with Gasteiger partial charge in [-0.05, 0) is 66.2 Å². The highest BCUT2D eigenvalue weighted by Crippen LogP contribution is 2.36. The van der Waals surface area contributed by atoms with Crippen LogP contribution in [0.5, 0.6) is 28.7 Å². The van der Waals surface area contributed by atoms with Crippen molar-refractivity contribution in [2.24, 2.45) is 10.2 Å². The first-order valence-corrected chi connectivity index (χ1v) is 9.51. The third kappa shape index (κ3) is 5.63. The molecule has 0 atom stereocenters. The van der Waals surface area contributed by atoms with E-state index in [0.29, 0.717) is 22.6 Å². The van der Waals surface area contributed by atoms with Gasteiger partial charge in [-0.1, -0.05) is 0 Å². The number of aromatic hydroxyl groups is 1. The van der Waals surface area contributed by atoms with E-state index >= 15 is 0 Å². The SMILES string of the molecule is COc1ccc(C(=O)Oc2ccc(/C=N/N=C/c3cc(OC)c(O)c(OC)c3)cc2)cc1. The zero-order valence-electron chi connectivity index (χ0n) is 17.8. The van der Waals surface area contributed by atoms with Gasteiger partial charge in [-0.3, -0.25) is 0 Å². The fraction of sp³-hybridized carbons (Fsp3) is 0.125. The number of carbonyl (C=O) groups excluding carboxylic acids is 1.